The van der Waals surface area contributed by atoms with Gasteiger partial charge in [0.1, 0.15) is 11.6 Å². The van der Waals surface area contributed by atoms with E-state index in [1.165, 1.54) is 12.1 Å². The molecule has 1 amide bonds. The van der Waals surface area contributed by atoms with Gasteiger partial charge >= 0.3 is 0 Å². The molecule has 0 fully saturated rings. The summed E-state index contributed by atoms with van der Waals surface area (Å²) in [6.07, 6.45) is 0. The van der Waals surface area contributed by atoms with Gasteiger partial charge < -0.3 is 15.8 Å². The van der Waals surface area contributed by atoms with Gasteiger partial charge in [-0.15, -0.1) is 0 Å². The lowest BCUT2D eigenvalue weighted by Crippen LogP contribution is -2.31. The number of ether oxygens (including phenoxy) is 1. The summed E-state index contributed by atoms with van der Waals surface area (Å²) in [7, 11) is 0. The highest BCUT2D eigenvalue weighted by atomic mass is 19.1. The lowest BCUT2D eigenvalue weighted by atomic mass is 10.1. The van der Waals surface area contributed by atoms with E-state index in [0.717, 1.165) is 0 Å². The van der Waals surface area contributed by atoms with Gasteiger partial charge in [-0.1, -0.05) is 24.3 Å². The second-order valence-corrected chi connectivity index (χ2v) is 4.67. The standard InChI is InChI=1S/C16H17FN2O2/c1-11(12-5-4-6-13(17)9-12)19-16(20)10-21-15-8-3-2-7-14(15)18/h2-9,11H,10,18H2,1H3,(H,19,20). The lowest BCUT2D eigenvalue weighted by molar-refractivity contribution is -0.123. The van der Waals surface area contributed by atoms with Crippen molar-refractivity contribution in [3.63, 3.8) is 0 Å². The van der Waals surface area contributed by atoms with Gasteiger partial charge in [0.25, 0.3) is 5.91 Å². The van der Waals surface area contributed by atoms with Crippen molar-refractivity contribution in [1.29, 1.82) is 0 Å². The molecule has 2 rings (SSSR count). The molecule has 2 aromatic rings. The monoisotopic (exact) mass is 288 g/mol. The normalized spacial score (nSPS) is 11.7. The van der Waals surface area contributed by atoms with Crippen LogP contribution in [0.4, 0.5) is 10.1 Å². The molecule has 0 radical (unpaired) electrons. The maximum absolute atomic E-state index is 13.1. The molecule has 0 aromatic heterocycles. The molecule has 0 aliphatic heterocycles. The van der Waals surface area contributed by atoms with Crippen molar-refractivity contribution in [3.8, 4) is 5.75 Å². The van der Waals surface area contributed by atoms with E-state index in [-0.39, 0.29) is 24.4 Å². The Labute approximate surface area is 122 Å². The van der Waals surface area contributed by atoms with E-state index in [9.17, 15) is 9.18 Å². The molecule has 1 unspecified atom stereocenters. The van der Waals surface area contributed by atoms with Gasteiger partial charge in [0, 0.05) is 0 Å². The quantitative estimate of drug-likeness (QED) is 0.831. The Morgan fingerprint density at radius 3 is 2.76 bits per heavy atom. The van der Waals surface area contributed by atoms with Crippen LogP contribution in [0.5, 0.6) is 5.75 Å². The van der Waals surface area contributed by atoms with Crippen LogP contribution < -0.4 is 15.8 Å². The Kier molecular flexibility index (Phi) is 4.77. The van der Waals surface area contributed by atoms with E-state index in [0.29, 0.717) is 17.0 Å². The van der Waals surface area contributed by atoms with Crippen LogP contribution in [0.25, 0.3) is 0 Å². The van der Waals surface area contributed by atoms with E-state index in [2.05, 4.69) is 5.32 Å². The zero-order valence-electron chi connectivity index (χ0n) is 11.7. The number of nitrogen functional groups attached to an aromatic ring is 1. The molecule has 3 N–H and O–H groups in total. The molecule has 0 bridgehead atoms. The number of halogens is 1. The average Bonchev–Trinajstić information content (AvgIpc) is 2.46. The second kappa shape index (κ2) is 6.74. The van der Waals surface area contributed by atoms with Gasteiger partial charge in [-0.05, 0) is 36.8 Å². The van der Waals surface area contributed by atoms with Crippen molar-refractivity contribution in [2.24, 2.45) is 0 Å². The SMILES string of the molecule is CC(NC(=O)COc1ccccc1N)c1cccc(F)c1. The van der Waals surface area contributed by atoms with Crippen LogP contribution in [0.2, 0.25) is 0 Å². The van der Waals surface area contributed by atoms with Gasteiger partial charge in [0.2, 0.25) is 0 Å². The number of benzene rings is 2. The number of anilines is 1. The fraction of sp³-hybridized carbons (Fsp3) is 0.188. The molecule has 0 aliphatic carbocycles. The maximum Gasteiger partial charge on any atom is 0.258 e. The fourth-order valence-corrected chi connectivity index (χ4v) is 1.90. The predicted octanol–water partition coefficient (Wildman–Crippen LogP) is 2.66. The van der Waals surface area contributed by atoms with Crippen LogP contribution in [-0.2, 0) is 4.79 Å². The molecule has 4 nitrogen and oxygen atoms in total. The summed E-state index contributed by atoms with van der Waals surface area (Å²) in [6.45, 7) is 1.64. The summed E-state index contributed by atoms with van der Waals surface area (Å²) in [5.74, 6) is -0.164. The minimum Gasteiger partial charge on any atom is -0.482 e. The van der Waals surface area contributed by atoms with Crippen molar-refractivity contribution in [1.82, 2.24) is 5.32 Å². The zero-order valence-corrected chi connectivity index (χ0v) is 11.7. The first-order valence-corrected chi connectivity index (χ1v) is 6.58. The summed E-state index contributed by atoms with van der Waals surface area (Å²) in [5.41, 5.74) is 6.89. The lowest BCUT2D eigenvalue weighted by Gasteiger charge is -2.15. The first-order chi connectivity index (χ1) is 10.1. The number of carbonyl (C=O) groups excluding carboxylic acids is 1. The largest absolute Gasteiger partial charge is 0.482 e. The number of amides is 1. The molecule has 1 atom stereocenters. The van der Waals surface area contributed by atoms with E-state index in [1.54, 1.807) is 43.3 Å². The molecule has 110 valence electrons. The van der Waals surface area contributed by atoms with Crippen LogP contribution in [0.3, 0.4) is 0 Å². The Morgan fingerprint density at radius 1 is 1.29 bits per heavy atom. The van der Waals surface area contributed by atoms with Crippen molar-refractivity contribution < 1.29 is 13.9 Å². The van der Waals surface area contributed by atoms with Gasteiger partial charge in [-0.25, -0.2) is 4.39 Å². The predicted molar refractivity (Wildman–Crippen MR) is 79.3 cm³/mol. The topological polar surface area (TPSA) is 64.3 Å². The summed E-state index contributed by atoms with van der Waals surface area (Å²) in [6, 6.07) is 12.8. The number of para-hydroxylation sites is 2. The fourth-order valence-electron chi connectivity index (χ4n) is 1.90. The summed E-state index contributed by atoms with van der Waals surface area (Å²) < 4.78 is 18.5. The van der Waals surface area contributed by atoms with Crippen molar-refractivity contribution >= 4 is 11.6 Å². The third-order valence-electron chi connectivity index (χ3n) is 3.00. The second-order valence-electron chi connectivity index (χ2n) is 4.67. The van der Waals surface area contributed by atoms with Gasteiger partial charge in [-0.2, -0.15) is 0 Å². The van der Waals surface area contributed by atoms with Crippen molar-refractivity contribution in [3.05, 3.63) is 59.9 Å². The van der Waals surface area contributed by atoms with Crippen molar-refractivity contribution in [2.75, 3.05) is 12.3 Å². The average molecular weight is 288 g/mol. The minimum absolute atomic E-state index is 0.145. The van der Waals surface area contributed by atoms with Crippen LogP contribution in [0.15, 0.2) is 48.5 Å². The third kappa shape index (κ3) is 4.21. The Morgan fingerprint density at radius 2 is 2.05 bits per heavy atom. The molecule has 0 spiro atoms. The van der Waals surface area contributed by atoms with Crippen molar-refractivity contribution in [2.45, 2.75) is 13.0 Å². The van der Waals surface area contributed by atoms with Gasteiger partial charge in [0.05, 0.1) is 11.7 Å². The number of nitrogens with two attached hydrogens (primary N) is 1. The highest BCUT2D eigenvalue weighted by Crippen LogP contribution is 2.19. The molecule has 0 saturated heterocycles. The van der Waals surface area contributed by atoms with Crippen LogP contribution in [0, 0.1) is 5.82 Å². The van der Waals surface area contributed by atoms with E-state index in [1.807, 2.05) is 0 Å². The number of carbonyl (C=O) groups is 1. The molecule has 0 aliphatic rings. The van der Waals surface area contributed by atoms with Crippen LogP contribution >= 0.6 is 0 Å². The maximum atomic E-state index is 13.1. The Bertz CT molecular complexity index is 631. The summed E-state index contributed by atoms with van der Waals surface area (Å²) >= 11 is 0. The highest BCUT2D eigenvalue weighted by Gasteiger charge is 2.11. The van der Waals surface area contributed by atoms with Gasteiger partial charge in [0.15, 0.2) is 6.61 Å². The molecule has 0 saturated carbocycles. The summed E-state index contributed by atoms with van der Waals surface area (Å²) in [5, 5.41) is 2.74. The number of rotatable bonds is 5. The van der Waals surface area contributed by atoms with Crippen LogP contribution in [-0.4, -0.2) is 12.5 Å². The van der Waals surface area contributed by atoms with E-state index < -0.39 is 0 Å². The number of nitrogens with one attached hydrogen (secondary N) is 1. The molecule has 0 heterocycles. The molecule has 21 heavy (non-hydrogen) atoms. The Balaban J connectivity index is 1.89. The molecular weight excluding hydrogens is 271 g/mol. The zero-order chi connectivity index (χ0) is 15.2. The molecular formula is C16H17FN2O2. The smallest absolute Gasteiger partial charge is 0.258 e. The molecule has 5 heteroatoms. The summed E-state index contributed by atoms with van der Waals surface area (Å²) in [4.78, 5) is 11.8. The highest BCUT2D eigenvalue weighted by molar-refractivity contribution is 5.78. The first kappa shape index (κ1) is 14.8. The minimum atomic E-state index is -0.332. The molecule has 2 aromatic carbocycles. The number of hydrogen-bond acceptors (Lipinski definition) is 3. The van der Waals surface area contributed by atoms with Gasteiger partial charge in [-0.3, -0.25) is 4.79 Å². The van der Waals surface area contributed by atoms with Crippen LogP contribution in [0.1, 0.15) is 18.5 Å². The van der Waals surface area contributed by atoms with E-state index >= 15 is 0 Å². The van der Waals surface area contributed by atoms with E-state index in [4.69, 9.17) is 10.5 Å². The third-order valence-corrected chi connectivity index (χ3v) is 3.00. The number of hydrogen-bond donors (Lipinski definition) is 2. The Hall–Kier alpha value is -2.56. The first-order valence-electron chi connectivity index (χ1n) is 6.58.